The van der Waals surface area contributed by atoms with Crippen molar-refractivity contribution in [3.05, 3.63) is 53.1 Å². The van der Waals surface area contributed by atoms with Crippen LogP contribution in [0.3, 0.4) is 0 Å². The van der Waals surface area contributed by atoms with Crippen LogP contribution in [0.5, 0.6) is 0 Å². The van der Waals surface area contributed by atoms with Crippen molar-refractivity contribution in [1.82, 2.24) is 0 Å². The van der Waals surface area contributed by atoms with Gasteiger partial charge in [0.2, 0.25) is 15.9 Å². The van der Waals surface area contributed by atoms with Crippen molar-refractivity contribution in [3.63, 3.8) is 0 Å². The molecule has 1 fully saturated rings. The van der Waals surface area contributed by atoms with E-state index in [-0.39, 0.29) is 16.3 Å². The van der Waals surface area contributed by atoms with E-state index in [2.05, 4.69) is 4.72 Å². The fourth-order valence-corrected chi connectivity index (χ4v) is 6.56. The second-order valence-electron chi connectivity index (χ2n) is 7.10. The van der Waals surface area contributed by atoms with Crippen LogP contribution < -0.4 is 9.03 Å². The van der Waals surface area contributed by atoms with Crippen LogP contribution in [0.15, 0.2) is 41.3 Å². The summed E-state index contributed by atoms with van der Waals surface area (Å²) < 4.78 is 53.7. The molecule has 150 valence electrons. The number of hydrogen-bond donors (Lipinski definition) is 1. The quantitative estimate of drug-likeness (QED) is 0.816. The molecule has 0 radical (unpaired) electrons. The number of benzene rings is 2. The first kappa shape index (κ1) is 20.3. The van der Waals surface area contributed by atoms with E-state index in [4.69, 9.17) is 0 Å². The van der Waals surface area contributed by atoms with E-state index in [1.807, 2.05) is 32.0 Å². The van der Waals surface area contributed by atoms with Crippen LogP contribution in [0.2, 0.25) is 0 Å². The predicted molar refractivity (Wildman–Crippen MR) is 108 cm³/mol. The molecule has 0 aliphatic carbocycles. The Morgan fingerprint density at radius 1 is 1.04 bits per heavy atom. The van der Waals surface area contributed by atoms with Crippen LogP contribution in [-0.2, 0) is 24.8 Å². The van der Waals surface area contributed by atoms with Crippen molar-refractivity contribution in [1.29, 1.82) is 0 Å². The van der Waals surface area contributed by atoms with E-state index in [1.165, 1.54) is 18.2 Å². The molecule has 1 amide bonds. The second kappa shape index (κ2) is 6.89. The number of rotatable bonds is 4. The van der Waals surface area contributed by atoms with Crippen LogP contribution >= 0.6 is 0 Å². The molecule has 0 saturated carbocycles. The van der Waals surface area contributed by atoms with E-state index in [1.54, 1.807) is 13.8 Å². The van der Waals surface area contributed by atoms with E-state index in [9.17, 15) is 21.6 Å². The van der Waals surface area contributed by atoms with Gasteiger partial charge < -0.3 is 0 Å². The molecule has 7 nitrogen and oxygen atoms in total. The molecule has 1 heterocycles. The number of para-hydroxylation sites is 1. The minimum absolute atomic E-state index is 0.0241. The summed E-state index contributed by atoms with van der Waals surface area (Å²) in [5.41, 5.74) is 2.59. The SMILES string of the molecule is Cc1cc(N2C(=O)C(C)CS2(=O)=O)ccc1S(=O)(=O)Nc1c(C)cccc1C. The number of anilines is 2. The summed E-state index contributed by atoms with van der Waals surface area (Å²) in [5.74, 6) is -1.39. The highest BCUT2D eigenvalue weighted by Gasteiger charge is 2.42. The van der Waals surface area contributed by atoms with E-state index < -0.39 is 31.9 Å². The highest BCUT2D eigenvalue weighted by Crippen LogP contribution is 2.31. The number of nitrogens with zero attached hydrogens (tertiary/aromatic N) is 1. The molecule has 0 bridgehead atoms. The lowest BCUT2D eigenvalue weighted by atomic mass is 10.1. The van der Waals surface area contributed by atoms with E-state index in [0.717, 1.165) is 15.4 Å². The number of amides is 1. The van der Waals surface area contributed by atoms with Gasteiger partial charge in [0.15, 0.2) is 0 Å². The third-order valence-corrected chi connectivity index (χ3v) is 8.14. The highest BCUT2D eigenvalue weighted by atomic mass is 32.2. The molecule has 1 N–H and O–H groups in total. The largest absolute Gasteiger partial charge is 0.279 e. The summed E-state index contributed by atoms with van der Waals surface area (Å²) in [4.78, 5) is 12.3. The lowest BCUT2D eigenvalue weighted by Crippen LogP contribution is -2.30. The molecule has 0 aromatic heterocycles. The molecule has 0 spiro atoms. The Bertz CT molecular complexity index is 1150. The Kier molecular flexibility index (Phi) is 5.01. The van der Waals surface area contributed by atoms with Gasteiger partial charge >= 0.3 is 0 Å². The number of hydrogen-bond acceptors (Lipinski definition) is 5. The second-order valence-corrected chi connectivity index (χ2v) is 10.6. The molecule has 2 aromatic rings. The van der Waals surface area contributed by atoms with Gasteiger partial charge in [0.1, 0.15) is 0 Å². The van der Waals surface area contributed by atoms with Crippen LogP contribution in [0, 0.1) is 26.7 Å². The van der Waals surface area contributed by atoms with Gasteiger partial charge in [-0.25, -0.2) is 21.1 Å². The molecule has 2 aromatic carbocycles. The highest BCUT2D eigenvalue weighted by molar-refractivity contribution is 7.94. The topological polar surface area (TPSA) is 101 Å². The summed E-state index contributed by atoms with van der Waals surface area (Å²) in [7, 11) is -7.63. The molecule has 9 heteroatoms. The summed E-state index contributed by atoms with van der Waals surface area (Å²) in [5, 5.41) is 0. The van der Waals surface area contributed by atoms with E-state index in [0.29, 0.717) is 11.3 Å². The summed E-state index contributed by atoms with van der Waals surface area (Å²) in [6.07, 6.45) is 0. The van der Waals surface area contributed by atoms with Crippen LogP contribution in [0.25, 0.3) is 0 Å². The molecule has 3 rings (SSSR count). The monoisotopic (exact) mass is 422 g/mol. The fourth-order valence-electron chi connectivity index (χ4n) is 3.31. The van der Waals surface area contributed by atoms with Gasteiger partial charge in [0.05, 0.1) is 27.9 Å². The number of carbonyl (C=O) groups is 1. The Morgan fingerprint density at radius 3 is 2.14 bits per heavy atom. The molecule has 1 aliphatic rings. The number of sulfonamides is 2. The number of aryl methyl sites for hydroxylation is 3. The molecule has 1 unspecified atom stereocenters. The maximum Gasteiger partial charge on any atom is 0.262 e. The van der Waals surface area contributed by atoms with Crippen LogP contribution in [-0.4, -0.2) is 28.5 Å². The molecule has 1 atom stereocenters. The van der Waals surface area contributed by atoms with Gasteiger partial charge in [-0.3, -0.25) is 9.52 Å². The minimum Gasteiger partial charge on any atom is -0.279 e. The smallest absolute Gasteiger partial charge is 0.262 e. The molecule has 1 aliphatic heterocycles. The molecule has 28 heavy (non-hydrogen) atoms. The van der Waals surface area contributed by atoms with Crippen molar-refractivity contribution in [2.45, 2.75) is 32.6 Å². The van der Waals surface area contributed by atoms with Gasteiger partial charge in [-0.05, 0) is 55.7 Å². The minimum atomic E-state index is -3.89. The van der Waals surface area contributed by atoms with Crippen molar-refractivity contribution >= 4 is 37.3 Å². The summed E-state index contributed by atoms with van der Waals surface area (Å²) in [6, 6.07) is 9.55. The van der Waals surface area contributed by atoms with Crippen molar-refractivity contribution in [2.24, 2.45) is 5.92 Å². The molecule has 1 saturated heterocycles. The predicted octanol–water partition coefficient (Wildman–Crippen LogP) is 2.73. The average Bonchev–Trinajstić information content (AvgIpc) is 2.78. The zero-order valence-corrected chi connectivity index (χ0v) is 17.7. The van der Waals surface area contributed by atoms with Gasteiger partial charge in [-0.15, -0.1) is 0 Å². The zero-order chi connectivity index (χ0) is 20.9. The maximum absolute atomic E-state index is 12.9. The molecular weight excluding hydrogens is 400 g/mol. The fraction of sp³-hybridized carbons (Fsp3) is 0.316. The van der Waals surface area contributed by atoms with Gasteiger partial charge in [0.25, 0.3) is 10.0 Å². The Balaban J connectivity index is 2.00. The lowest BCUT2D eigenvalue weighted by Gasteiger charge is -2.18. The third-order valence-electron chi connectivity index (χ3n) is 4.76. The van der Waals surface area contributed by atoms with Gasteiger partial charge in [-0.2, -0.15) is 0 Å². The lowest BCUT2D eigenvalue weighted by molar-refractivity contribution is -0.119. The van der Waals surface area contributed by atoms with Gasteiger partial charge in [-0.1, -0.05) is 25.1 Å². The van der Waals surface area contributed by atoms with E-state index >= 15 is 0 Å². The van der Waals surface area contributed by atoms with Crippen LogP contribution in [0.1, 0.15) is 23.6 Å². The maximum atomic E-state index is 12.9. The Labute approximate surface area is 165 Å². The normalized spacial score (nSPS) is 19.1. The first-order valence-electron chi connectivity index (χ1n) is 8.70. The molecular formula is C19H22N2O5S2. The first-order chi connectivity index (χ1) is 12.9. The van der Waals surface area contributed by atoms with Gasteiger partial charge in [0, 0.05) is 0 Å². The number of nitrogens with one attached hydrogen (secondary N) is 1. The summed E-state index contributed by atoms with van der Waals surface area (Å²) >= 11 is 0. The van der Waals surface area contributed by atoms with Crippen molar-refractivity contribution in [2.75, 3.05) is 14.8 Å². The Morgan fingerprint density at radius 2 is 1.64 bits per heavy atom. The zero-order valence-electron chi connectivity index (χ0n) is 16.1. The number of carbonyl (C=O) groups excluding carboxylic acids is 1. The Hall–Kier alpha value is -2.39. The summed E-state index contributed by atoms with van der Waals surface area (Å²) in [6.45, 7) is 6.75. The van der Waals surface area contributed by atoms with Crippen molar-refractivity contribution < 1.29 is 21.6 Å². The first-order valence-corrected chi connectivity index (χ1v) is 11.8. The average molecular weight is 423 g/mol. The standard InChI is InChI=1S/C19H22N2O5S2/c1-12-6-5-7-13(2)18(12)20-28(25,26)17-9-8-16(10-14(17)3)21-19(22)15(4)11-27(21,23)24/h5-10,15,20H,11H2,1-4H3. The van der Waals surface area contributed by atoms with Crippen LogP contribution in [0.4, 0.5) is 11.4 Å². The third kappa shape index (κ3) is 3.51. The van der Waals surface area contributed by atoms with Crippen molar-refractivity contribution in [3.8, 4) is 0 Å².